The quantitative estimate of drug-likeness (QED) is 0.385. The number of thiazole rings is 1. The minimum Gasteiger partial charge on any atom is -0.486 e. The predicted molar refractivity (Wildman–Crippen MR) is 105 cm³/mol. The van der Waals surface area contributed by atoms with E-state index in [0.717, 1.165) is 0 Å². The van der Waals surface area contributed by atoms with Gasteiger partial charge in [-0.2, -0.15) is 0 Å². The zero-order chi connectivity index (χ0) is 20.6. The van der Waals surface area contributed by atoms with Gasteiger partial charge < -0.3 is 14.2 Å². The molecule has 0 fully saturated rings. The van der Waals surface area contributed by atoms with Crippen molar-refractivity contribution in [2.24, 2.45) is 0 Å². The van der Waals surface area contributed by atoms with Crippen molar-refractivity contribution in [3.05, 3.63) is 76.0 Å². The normalized spacial score (nSPS) is 10.4. The van der Waals surface area contributed by atoms with Crippen molar-refractivity contribution in [2.45, 2.75) is 20.1 Å². The highest BCUT2D eigenvalue weighted by molar-refractivity contribution is 7.09. The fraction of sp³-hybridized carbons (Fsp3) is 0.190. The molecule has 0 bridgehead atoms. The number of carbonyl (C=O) groups is 2. The average molecular weight is 415 g/mol. The summed E-state index contributed by atoms with van der Waals surface area (Å²) in [4.78, 5) is 27.4. The summed E-state index contributed by atoms with van der Waals surface area (Å²) >= 11 is 1.38. The minimum atomic E-state index is -0.530. The van der Waals surface area contributed by atoms with Crippen molar-refractivity contribution in [3.8, 4) is 11.5 Å². The Morgan fingerprint density at radius 1 is 0.966 bits per heavy atom. The second-order valence-corrected chi connectivity index (χ2v) is 6.95. The van der Waals surface area contributed by atoms with Crippen molar-refractivity contribution < 1.29 is 28.2 Å². The Bertz CT molecular complexity index is 969. The van der Waals surface area contributed by atoms with Gasteiger partial charge in [-0.1, -0.05) is 0 Å². The van der Waals surface area contributed by atoms with Crippen molar-refractivity contribution in [2.75, 3.05) is 6.61 Å². The SMILES string of the molecule is CC(=O)c1ccc(OCC(=O)OCc2csc(COc3ccc(F)cc3)n2)cc1. The van der Waals surface area contributed by atoms with Crippen LogP contribution in [0, 0.1) is 5.82 Å². The van der Waals surface area contributed by atoms with E-state index < -0.39 is 5.97 Å². The molecule has 0 aliphatic carbocycles. The second kappa shape index (κ2) is 9.79. The first-order valence-corrected chi connectivity index (χ1v) is 9.58. The second-order valence-electron chi connectivity index (χ2n) is 6.01. The number of ketones is 1. The summed E-state index contributed by atoms with van der Waals surface area (Å²) in [5, 5.41) is 2.49. The van der Waals surface area contributed by atoms with E-state index in [1.54, 1.807) is 41.8 Å². The number of carbonyl (C=O) groups excluding carboxylic acids is 2. The van der Waals surface area contributed by atoms with E-state index in [1.807, 2.05) is 0 Å². The van der Waals surface area contributed by atoms with Gasteiger partial charge in [-0.3, -0.25) is 4.79 Å². The van der Waals surface area contributed by atoms with Crippen LogP contribution in [0.2, 0.25) is 0 Å². The summed E-state index contributed by atoms with van der Waals surface area (Å²) in [5.74, 6) is 0.121. The number of hydrogen-bond donors (Lipinski definition) is 0. The largest absolute Gasteiger partial charge is 0.486 e. The molecule has 0 radical (unpaired) electrons. The lowest BCUT2D eigenvalue weighted by atomic mass is 10.1. The van der Waals surface area contributed by atoms with Crippen molar-refractivity contribution >= 4 is 23.1 Å². The van der Waals surface area contributed by atoms with Gasteiger partial charge in [-0.25, -0.2) is 14.2 Å². The first-order chi connectivity index (χ1) is 14.0. The summed E-state index contributed by atoms with van der Waals surface area (Å²) in [6, 6.07) is 12.2. The Morgan fingerprint density at radius 3 is 2.31 bits per heavy atom. The van der Waals surface area contributed by atoms with E-state index in [9.17, 15) is 14.0 Å². The Morgan fingerprint density at radius 2 is 1.62 bits per heavy atom. The molecule has 0 aliphatic rings. The zero-order valence-electron chi connectivity index (χ0n) is 15.6. The molecule has 0 saturated carbocycles. The lowest BCUT2D eigenvalue weighted by molar-refractivity contribution is -0.147. The van der Waals surface area contributed by atoms with Gasteiger partial charge in [0.05, 0.1) is 5.69 Å². The maximum atomic E-state index is 12.9. The maximum Gasteiger partial charge on any atom is 0.344 e. The highest BCUT2D eigenvalue weighted by Crippen LogP contribution is 2.17. The van der Waals surface area contributed by atoms with Gasteiger partial charge in [0, 0.05) is 10.9 Å². The summed E-state index contributed by atoms with van der Waals surface area (Å²) in [7, 11) is 0. The third kappa shape index (κ3) is 6.39. The molecule has 150 valence electrons. The monoisotopic (exact) mass is 415 g/mol. The zero-order valence-corrected chi connectivity index (χ0v) is 16.4. The van der Waals surface area contributed by atoms with E-state index in [0.29, 0.717) is 27.8 Å². The molecular formula is C21H18FNO5S. The van der Waals surface area contributed by atoms with Gasteiger partial charge in [0.1, 0.15) is 35.5 Å². The molecule has 3 aromatic rings. The molecule has 0 unspecified atom stereocenters. The molecule has 6 nitrogen and oxygen atoms in total. The van der Waals surface area contributed by atoms with Crippen LogP contribution in [0.1, 0.15) is 28.0 Å². The van der Waals surface area contributed by atoms with Crippen LogP contribution in [0.4, 0.5) is 4.39 Å². The highest BCUT2D eigenvalue weighted by atomic mass is 32.1. The molecule has 0 saturated heterocycles. The molecular weight excluding hydrogens is 397 g/mol. The van der Waals surface area contributed by atoms with Crippen LogP contribution in [0.15, 0.2) is 53.9 Å². The Labute approximate surface area is 170 Å². The maximum absolute atomic E-state index is 12.9. The van der Waals surface area contributed by atoms with Gasteiger partial charge in [0.15, 0.2) is 12.4 Å². The Hall–Kier alpha value is -3.26. The van der Waals surface area contributed by atoms with Gasteiger partial charge >= 0.3 is 5.97 Å². The van der Waals surface area contributed by atoms with Gasteiger partial charge in [0.2, 0.25) is 0 Å². The number of rotatable bonds is 9. The highest BCUT2D eigenvalue weighted by Gasteiger charge is 2.09. The molecule has 2 aromatic carbocycles. The van der Waals surface area contributed by atoms with Crippen LogP contribution < -0.4 is 9.47 Å². The number of halogens is 1. The van der Waals surface area contributed by atoms with Crippen LogP contribution in [0.3, 0.4) is 0 Å². The molecule has 0 spiro atoms. The van der Waals surface area contributed by atoms with Crippen molar-refractivity contribution in [1.29, 1.82) is 0 Å². The summed E-state index contributed by atoms with van der Waals surface area (Å²) in [6.07, 6.45) is 0. The molecule has 0 amide bonds. The smallest absolute Gasteiger partial charge is 0.344 e. The van der Waals surface area contributed by atoms with E-state index in [1.165, 1.54) is 30.4 Å². The van der Waals surface area contributed by atoms with E-state index in [-0.39, 0.29) is 31.4 Å². The van der Waals surface area contributed by atoms with E-state index in [4.69, 9.17) is 14.2 Å². The summed E-state index contributed by atoms with van der Waals surface area (Å²) in [5.41, 5.74) is 1.18. The van der Waals surface area contributed by atoms with Crippen LogP contribution in [-0.2, 0) is 22.7 Å². The fourth-order valence-corrected chi connectivity index (χ4v) is 2.97. The molecule has 0 aliphatic heterocycles. The Balaban J connectivity index is 1.40. The topological polar surface area (TPSA) is 74.7 Å². The predicted octanol–water partition coefficient (Wildman–Crippen LogP) is 4.19. The van der Waals surface area contributed by atoms with Crippen LogP contribution >= 0.6 is 11.3 Å². The number of ether oxygens (including phenoxy) is 3. The van der Waals surface area contributed by atoms with Crippen LogP contribution in [0.25, 0.3) is 0 Å². The number of benzene rings is 2. The lowest BCUT2D eigenvalue weighted by Crippen LogP contribution is -2.15. The van der Waals surface area contributed by atoms with Crippen molar-refractivity contribution in [3.63, 3.8) is 0 Å². The number of nitrogens with zero attached hydrogens (tertiary/aromatic N) is 1. The first-order valence-electron chi connectivity index (χ1n) is 8.70. The third-order valence-corrected chi connectivity index (χ3v) is 4.64. The van der Waals surface area contributed by atoms with Crippen LogP contribution in [-0.4, -0.2) is 23.3 Å². The number of esters is 1. The van der Waals surface area contributed by atoms with Gasteiger partial charge in [-0.05, 0) is 55.5 Å². The number of aromatic nitrogens is 1. The molecule has 1 heterocycles. The van der Waals surface area contributed by atoms with Crippen LogP contribution in [0.5, 0.6) is 11.5 Å². The number of Topliss-reactive ketones (excluding diaryl/α,β-unsaturated/α-hetero) is 1. The van der Waals surface area contributed by atoms with Gasteiger partial charge in [-0.15, -0.1) is 11.3 Å². The number of hydrogen-bond acceptors (Lipinski definition) is 7. The Kier molecular flexibility index (Phi) is 6.91. The summed E-state index contributed by atoms with van der Waals surface area (Å²) in [6.45, 7) is 1.50. The standard InChI is InChI=1S/C21H18FNO5S/c1-14(24)15-2-6-18(7-3-15)27-12-21(25)28-10-17-13-29-20(23-17)11-26-19-8-4-16(22)5-9-19/h2-9,13H,10-12H2,1H3. The van der Waals surface area contributed by atoms with E-state index in [2.05, 4.69) is 4.98 Å². The average Bonchev–Trinajstić information content (AvgIpc) is 3.18. The molecule has 3 rings (SSSR count). The molecule has 29 heavy (non-hydrogen) atoms. The first kappa shape index (κ1) is 20.5. The lowest BCUT2D eigenvalue weighted by Gasteiger charge is -2.06. The van der Waals surface area contributed by atoms with Crippen molar-refractivity contribution in [1.82, 2.24) is 4.98 Å². The molecule has 8 heteroatoms. The third-order valence-electron chi connectivity index (χ3n) is 3.77. The van der Waals surface area contributed by atoms with E-state index >= 15 is 0 Å². The molecule has 1 aromatic heterocycles. The summed E-state index contributed by atoms with van der Waals surface area (Å²) < 4.78 is 28.9. The van der Waals surface area contributed by atoms with Gasteiger partial charge in [0.25, 0.3) is 0 Å². The fourth-order valence-electron chi connectivity index (χ4n) is 2.28. The molecule has 0 N–H and O–H groups in total. The minimum absolute atomic E-state index is 0.0263. The molecule has 0 atom stereocenters.